The van der Waals surface area contributed by atoms with Gasteiger partial charge in [0, 0.05) is 35.1 Å². The van der Waals surface area contributed by atoms with E-state index in [0.29, 0.717) is 17.4 Å². The molecule has 5 heteroatoms. The summed E-state index contributed by atoms with van der Waals surface area (Å²) in [5.41, 5.74) is 7.07. The molecule has 2 N–H and O–H groups in total. The van der Waals surface area contributed by atoms with E-state index in [0.717, 1.165) is 52.2 Å². The zero-order valence-electron chi connectivity index (χ0n) is 20.4. The van der Waals surface area contributed by atoms with Crippen LogP contribution >= 0.6 is 0 Å². The molecule has 3 aromatic carbocycles. The van der Waals surface area contributed by atoms with Crippen LogP contribution in [0.25, 0.3) is 22.3 Å². The molecule has 0 amide bonds. The van der Waals surface area contributed by atoms with Gasteiger partial charge in [0.25, 0.3) is 0 Å². The number of methoxy groups -OCH3 is 2. The number of hydrogen-bond donors (Lipinski definition) is 2. The second-order valence-electron chi connectivity index (χ2n) is 8.37. The third-order valence-electron chi connectivity index (χ3n) is 5.55. The van der Waals surface area contributed by atoms with E-state index in [1.807, 2.05) is 37.3 Å². The van der Waals surface area contributed by atoms with Crippen LogP contribution in [-0.2, 0) is 4.74 Å². The zero-order valence-corrected chi connectivity index (χ0v) is 20.4. The van der Waals surface area contributed by atoms with Crippen LogP contribution in [0.4, 0.5) is 11.4 Å². The normalized spacial score (nSPS) is 10.8. The lowest BCUT2D eigenvalue weighted by molar-refractivity contribution is 0.0601. The first-order valence-corrected chi connectivity index (χ1v) is 11.4. The van der Waals surface area contributed by atoms with Crippen LogP contribution in [0.1, 0.15) is 43.1 Å². The number of benzene rings is 3. The van der Waals surface area contributed by atoms with Crippen LogP contribution in [0.3, 0.4) is 0 Å². The fourth-order valence-corrected chi connectivity index (χ4v) is 4.00. The van der Waals surface area contributed by atoms with Gasteiger partial charge in [-0.3, -0.25) is 0 Å². The molecule has 0 radical (unpaired) electrons. The standard InChI is InChI=1S/C28H34N2O3/c1-7-16-29-22-12-10-21(11-13-22)26-19(4)27(28(31)33-6)24(17-25(26)32-5)20-8-14-23(15-9-20)30-18(2)3/h8-15,17-18,29-30H,7,16H2,1-6H3. The summed E-state index contributed by atoms with van der Waals surface area (Å²) in [6, 6.07) is 18.5. The molecule has 0 heterocycles. The molecular weight excluding hydrogens is 412 g/mol. The summed E-state index contributed by atoms with van der Waals surface area (Å²) in [7, 11) is 3.08. The van der Waals surface area contributed by atoms with Gasteiger partial charge >= 0.3 is 5.97 Å². The van der Waals surface area contributed by atoms with Gasteiger partial charge in [0.15, 0.2) is 0 Å². The van der Waals surface area contributed by atoms with Crippen molar-refractivity contribution in [1.29, 1.82) is 0 Å². The topological polar surface area (TPSA) is 59.6 Å². The van der Waals surface area contributed by atoms with Crippen LogP contribution in [0, 0.1) is 6.92 Å². The van der Waals surface area contributed by atoms with Crippen LogP contribution < -0.4 is 15.4 Å². The van der Waals surface area contributed by atoms with E-state index in [2.05, 4.69) is 55.7 Å². The summed E-state index contributed by atoms with van der Waals surface area (Å²) in [6.07, 6.45) is 1.06. The smallest absolute Gasteiger partial charge is 0.338 e. The van der Waals surface area contributed by atoms with E-state index in [4.69, 9.17) is 9.47 Å². The first kappa shape index (κ1) is 24.2. The van der Waals surface area contributed by atoms with Crippen molar-refractivity contribution in [2.45, 2.75) is 40.2 Å². The first-order valence-electron chi connectivity index (χ1n) is 11.4. The highest BCUT2D eigenvalue weighted by Gasteiger charge is 2.23. The highest BCUT2D eigenvalue weighted by molar-refractivity contribution is 6.02. The molecule has 33 heavy (non-hydrogen) atoms. The average Bonchev–Trinajstić information content (AvgIpc) is 2.82. The Morgan fingerprint density at radius 2 is 1.55 bits per heavy atom. The van der Waals surface area contributed by atoms with Crippen molar-refractivity contribution < 1.29 is 14.3 Å². The molecule has 0 atom stereocenters. The number of ether oxygens (including phenoxy) is 2. The maximum Gasteiger partial charge on any atom is 0.338 e. The molecule has 0 bridgehead atoms. The Balaban J connectivity index is 2.13. The van der Waals surface area contributed by atoms with Gasteiger partial charge in [-0.2, -0.15) is 0 Å². The third kappa shape index (κ3) is 5.48. The number of rotatable bonds is 9. The Morgan fingerprint density at radius 3 is 2.09 bits per heavy atom. The molecule has 0 spiro atoms. The Bertz CT molecular complexity index is 1090. The number of anilines is 2. The SMILES string of the molecule is CCCNc1ccc(-c2c(OC)cc(-c3ccc(NC(C)C)cc3)c(C(=O)OC)c2C)cc1. The van der Waals surface area contributed by atoms with Crippen LogP contribution in [0.2, 0.25) is 0 Å². The third-order valence-corrected chi connectivity index (χ3v) is 5.55. The molecule has 174 valence electrons. The molecule has 0 aliphatic rings. The second kappa shape index (κ2) is 10.9. The number of hydrogen-bond acceptors (Lipinski definition) is 5. The zero-order chi connectivity index (χ0) is 24.0. The summed E-state index contributed by atoms with van der Waals surface area (Å²) >= 11 is 0. The van der Waals surface area contributed by atoms with E-state index in [-0.39, 0.29) is 5.97 Å². The molecule has 5 nitrogen and oxygen atoms in total. The van der Waals surface area contributed by atoms with Gasteiger partial charge in [0.2, 0.25) is 0 Å². The lowest BCUT2D eigenvalue weighted by Gasteiger charge is -2.20. The van der Waals surface area contributed by atoms with Crippen molar-refractivity contribution in [2.75, 3.05) is 31.4 Å². The molecule has 0 saturated carbocycles. The number of nitrogens with one attached hydrogen (secondary N) is 2. The Kier molecular flexibility index (Phi) is 7.99. The van der Waals surface area contributed by atoms with Gasteiger partial charge in [-0.1, -0.05) is 31.2 Å². The maximum atomic E-state index is 12.9. The number of esters is 1. The van der Waals surface area contributed by atoms with Crippen molar-refractivity contribution in [2.24, 2.45) is 0 Å². The largest absolute Gasteiger partial charge is 0.496 e. The minimum absolute atomic E-state index is 0.340. The Morgan fingerprint density at radius 1 is 0.939 bits per heavy atom. The monoisotopic (exact) mass is 446 g/mol. The lowest BCUT2D eigenvalue weighted by Crippen LogP contribution is -2.10. The minimum Gasteiger partial charge on any atom is -0.496 e. The maximum absolute atomic E-state index is 12.9. The summed E-state index contributed by atoms with van der Waals surface area (Å²) in [5.74, 6) is 0.353. The summed E-state index contributed by atoms with van der Waals surface area (Å²) in [6.45, 7) is 9.21. The van der Waals surface area contributed by atoms with Gasteiger partial charge in [0.05, 0.1) is 19.8 Å². The van der Waals surface area contributed by atoms with Crippen molar-refractivity contribution in [1.82, 2.24) is 0 Å². The molecule has 0 aliphatic carbocycles. The molecule has 0 saturated heterocycles. The summed E-state index contributed by atoms with van der Waals surface area (Å²) in [5, 5.41) is 6.78. The minimum atomic E-state index is -0.364. The van der Waals surface area contributed by atoms with Gasteiger partial charge in [-0.25, -0.2) is 4.79 Å². The van der Waals surface area contributed by atoms with E-state index < -0.39 is 0 Å². The molecular formula is C28H34N2O3. The molecule has 0 aliphatic heterocycles. The Hall–Kier alpha value is -3.47. The van der Waals surface area contributed by atoms with Crippen molar-refractivity contribution in [3.8, 4) is 28.0 Å². The van der Waals surface area contributed by atoms with Crippen molar-refractivity contribution in [3.05, 3.63) is 65.7 Å². The highest BCUT2D eigenvalue weighted by atomic mass is 16.5. The van der Waals surface area contributed by atoms with Gasteiger partial charge in [-0.15, -0.1) is 0 Å². The summed E-state index contributed by atoms with van der Waals surface area (Å²) < 4.78 is 11.0. The lowest BCUT2D eigenvalue weighted by atomic mass is 9.88. The molecule has 0 aromatic heterocycles. The predicted octanol–water partition coefficient (Wildman–Crippen LogP) is 6.77. The summed E-state index contributed by atoms with van der Waals surface area (Å²) in [4.78, 5) is 12.9. The van der Waals surface area contributed by atoms with Gasteiger partial charge in [0.1, 0.15) is 5.75 Å². The first-order chi connectivity index (χ1) is 15.9. The van der Waals surface area contributed by atoms with Crippen LogP contribution in [-0.4, -0.2) is 32.8 Å². The second-order valence-corrected chi connectivity index (χ2v) is 8.37. The quantitative estimate of drug-likeness (QED) is 0.355. The molecule has 3 aromatic rings. The highest BCUT2D eigenvalue weighted by Crippen LogP contribution is 2.41. The molecule has 0 unspecified atom stereocenters. The van der Waals surface area contributed by atoms with Crippen LogP contribution in [0.15, 0.2) is 54.6 Å². The number of carbonyl (C=O) groups excluding carboxylic acids is 1. The Labute approximate surface area is 197 Å². The van der Waals surface area contributed by atoms with E-state index in [9.17, 15) is 4.79 Å². The van der Waals surface area contributed by atoms with E-state index in [1.54, 1.807) is 7.11 Å². The van der Waals surface area contributed by atoms with E-state index in [1.165, 1.54) is 7.11 Å². The van der Waals surface area contributed by atoms with Crippen molar-refractivity contribution >= 4 is 17.3 Å². The predicted molar refractivity (Wildman–Crippen MR) is 137 cm³/mol. The molecule has 0 fully saturated rings. The number of carbonyl (C=O) groups is 1. The van der Waals surface area contributed by atoms with Crippen LogP contribution in [0.5, 0.6) is 5.75 Å². The fourth-order valence-electron chi connectivity index (χ4n) is 4.00. The van der Waals surface area contributed by atoms with Crippen molar-refractivity contribution in [3.63, 3.8) is 0 Å². The molecule has 3 rings (SSSR count). The average molecular weight is 447 g/mol. The van der Waals surface area contributed by atoms with E-state index >= 15 is 0 Å². The van der Waals surface area contributed by atoms with Gasteiger partial charge < -0.3 is 20.1 Å². The fraction of sp³-hybridized carbons (Fsp3) is 0.321. The van der Waals surface area contributed by atoms with Gasteiger partial charge in [-0.05, 0) is 74.2 Å².